The minimum Gasteiger partial charge on any atom is -0.383 e. The molecule has 19 heavy (non-hydrogen) atoms. The van der Waals surface area contributed by atoms with Crippen molar-refractivity contribution in [3.8, 4) is 0 Å². The molecule has 1 atom stereocenters. The summed E-state index contributed by atoms with van der Waals surface area (Å²) in [6, 6.07) is 0.275. The van der Waals surface area contributed by atoms with Gasteiger partial charge in [-0.05, 0) is 13.8 Å². The summed E-state index contributed by atoms with van der Waals surface area (Å²) >= 11 is 0. The topological polar surface area (TPSA) is 56.9 Å². The Balaban J connectivity index is 1.97. The largest absolute Gasteiger partial charge is 0.383 e. The maximum atomic E-state index is 5.11. The Morgan fingerprint density at radius 2 is 2.32 bits per heavy atom. The molecule has 2 heterocycles. The van der Waals surface area contributed by atoms with Gasteiger partial charge in [-0.25, -0.2) is 9.97 Å². The Labute approximate surface area is 113 Å². The van der Waals surface area contributed by atoms with Crippen molar-refractivity contribution in [2.24, 2.45) is 0 Å². The van der Waals surface area contributed by atoms with Crippen LogP contribution in [0.25, 0.3) is 0 Å². The fourth-order valence-corrected chi connectivity index (χ4v) is 2.00. The Hall–Kier alpha value is -1.82. The first-order valence-corrected chi connectivity index (χ1v) is 6.44. The number of aryl methyl sites for hydroxylation is 1. The van der Waals surface area contributed by atoms with Crippen molar-refractivity contribution in [1.82, 2.24) is 19.1 Å². The number of anilines is 1. The van der Waals surface area contributed by atoms with E-state index < -0.39 is 0 Å². The van der Waals surface area contributed by atoms with E-state index in [1.807, 2.05) is 30.2 Å². The molecule has 0 aliphatic rings. The Morgan fingerprint density at radius 1 is 1.47 bits per heavy atom. The van der Waals surface area contributed by atoms with E-state index in [-0.39, 0.29) is 6.04 Å². The highest BCUT2D eigenvalue weighted by Gasteiger charge is 2.09. The van der Waals surface area contributed by atoms with E-state index in [4.69, 9.17) is 4.74 Å². The number of rotatable bonds is 7. The van der Waals surface area contributed by atoms with Crippen molar-refractivity contribution in [3.05, 3.63) is 30.6 Å². The van der Waals surface area contributed by atoms with Gasteiger partial charge in [0.15, 0.2) is 0 Å². The first-order valence-electron chi connectivity index (χ1n) is 6.44. The summed E-state index contributed by atoms with van der Waals surface area (Å²) in [5, 5.41) is 3.43. The summed E-state index contributed by atoms with van der Waals surface area (Å²) in [4.78, 5) is 8.55. The molecule has 0 amide bonds. The molecule has 0 saturated heterocycles. The van der Waals surface area contributed by atoms with Gasteiger partial charge in [0.05, 0.1) is 18.6 Å². The van der Waals surface area contributed by atoms with Crippen LogP contribution in [0.2, 0.25) is 0 Å². The Morgan fingerprint density at radius 3 is 3.00 bits per heavy atom. The molecule has 6 nitrogen and oxygen atoms in total. The molecule has 2 aromatic rings. The fraction of sp³-hybridized carbons (Fsp3) is 0.538. The molecular formula is C13H21N5O. The van der Waals surface area contributed by atoms with Crippen LogP contribution < -0.4 is 5.32 Å². The van der Waals surface area contributed by atoms with E-state index in [9.17, 15) is 0 Å². The standard InChI is InChI=1S/C13H21N5O/c1-11(8-17-5-4-14-10-17)15-13-16-12(2)9-18(13)6-7-19-3/h4-5,9-11H,6-8H2,1-3H3,(H,15,16). The summed E-state index contributed by atoms with van der Waals surface area (Å²) in [7, 11) is 1.71. The van der Waals surface area contributed by atoms with Crippen molar-refractivity contribution in [2.75, 3.05) is 19.0 Å². The van der Waals surface area contributed by atoms with Crippen LogP contribution in [-0.4, -0.2) is 38.9 Å². The average molecular weight is 263 g/mol. The second-order valence-electron chi connectivity index (χ2n) is 4.70. The number of nitrogens with zero attached hydrogens (tertiary/aromatic N) is 4. The van der Waals surface area contributed by atoms with Crippen LogP contribution in [0, 0.1) is 6.92 Å². The predicted molar refractivity (Wildman–Crippen MR) is 74.2 cm³/mol. The molecule has 2 rings (SSSR count). The SMILES string of the molecule is COCCn1cc(C)nc1NC(C)Cn1ccnc1. The lowest BCUT2D eigenvalue weighted by atomic mass is 10.3. The summed E-state index contributed by atoms with van der Waals surface area (Å²) in [6.07, 6.45) is 7.60. The third kappa shape index (κ3) is 3.82. The van der Waals surface area contributed by atoms with Gasteiger partial charge in [-0.3, -0.25) is 0 Å². The average Bonchev–Trinajstić information content (AvgIpc) is 2.97. The first kappa shape index (κ1) is 13.6. The minimum atomic E-state index is 0.275. The molecule has 0 saturated carbocycles. The summed E-state index contributed by atoms with van der Waals surface area (Å²) in [5.74, 6) is 0.891. The molecule has 2 aromatic heterocycles. The third-order valence-electron chi connectivity index (χ3n) is 2.85. The van der Waals surface area contributed by atoms with E-state index in [0.29, 0.717) is 6.61 Å². The van der Waals surface area contributed by atoms with E-state index in [0.717, 1.165) is 24.7 Å². The van der Waals surface area contributed by atoms with Gasteiger partial charge >= 0.3 is 0 Å². The molecule has 0 radical (unpaired) electrons. The number of aromatic nitrogens is 4. The number of imidazole rings is 2. The van der Waals surface area contributed by atoms with Crippen LogP contribution in [0.5, 0.6) is 0 Å². The van der Waals surface area contributed by atoms with Crippen molar-refractivity contribution < 1.29 is 4.74 Å². The van der Waals surface area contributed by atoms with Crippen LogP contribution in [0.3, 0.4) is 0 Å². The molecule has 1 N–H and O–H groups in total. The van der Waals surface area contributed by atoms with E-state index >= 15 is 0 Å². The highest BCUT2D eigenvalue weighted by molar-refractivity contribution is 5.29. The number of nitrogens with one attached hydrogen (secondary N) is 1. The third-order valence-corrected chi connectivity index (χ3v) is 2.85. The minimum absolute atomic E-state index is 0.275. The number of methoxy groups -OCH3 is 1. The monoisotopic (exact) mass is 263 g/mol. The molecule has 0 aliphatic carbocycles. The number of ether oxygens (including phenoxy) is 1. The van der Waals surface area contributed by atoms with Crippen LogP contribution in [0.4, 0.5) is 5.95 Å². The maximum Gasteiger partial charge on any atom is 0.203 e. The van der Waals surface area contributed by atoms with Crippen molar-refractivity contribution in [2.45, 2.75) is 33.0 Å². The van der Waals surface area contributed by atoms with Crippen LogP contribution >= 0.6 is 0 Å². The van der Waals surface area contributed by atoms with Crippen LogP contribution in [-0.2, 0) is 17.8 Å². The first-order chi connectivity index (χ1) is 9.19. The van der Waals surface area contributed by atoms with Gasteiger partial charge in [0, 0.05) is 44.8 Å². The van der Waals surface area contributed by atoms with Crippen molar-refractivity contribution >= 4 is 5.95 Å². The van der Waals surface area contributed by atoms with Gasteiger partial charge in [0.25, 0.3) is 0 Å². The Bertz CT molecular complexity index is 491. The molecule has 0 spiro atoms. The molecule has 0 bridgehead atoms. The lowest BCUT2D eigenvalue weighted by molar-refractivity contribution is 0.187. The van der Waals surface area contributed by atoms with Crippen molar-refractivity contribution in [1.29, 1.82) is 0 Å². The zero-order valence-corrected chi connectivity index (χ0v) is 11.7. The normalized spacial score (nSPS) is 12.6. The predicted octanol–water partition coefficient (Wildman–Crippen LogP) is 1.54. The fourth-order valence-electron chi connectivity index (χ4n) is 2.00. The molecule has 0 fully saturated rings. The lowest BCUT2D eigenvalue weighted by Gasteiger charge is -2.16. The maximum absolute atomic E-state index is 5.11. The van der Waals surface area contributed by atoms with Gasteiger partial charge in [-0.2, -0.15) is 0 Å². The summed E-state index contributed by atoms with van der Waals surface area (Å²) < 4.78 is 9.25. The van der Waals surface area contributed by atoms with Gasteiger partial charge in [0.2, 0.25) is 5.95 Å². The van der Waals surface area contributed by atoms with Gasteiger partial charge in [0.1, 0.15) is 0 Å². The number of hydrogen-bond donors (Lipinski definition) is 1. The molecule has 0 aliphatic heterocycles. The molecule has 0 aromatic carbocycles. The quantitative estimate of drug-likeness (QED) is 0.823. The summed E-state index contributed by atoms with van der Waals surface area (Å²) in [6.45, 7) is 6.47. The van der Waals surface area contributed by atoms with E-state index in [1.54, 1.807) is 13.3 Å². The highest BCUT2D eigenvalue weighted by Crippen LogP contribution is 2.10. The zero-order chi connectivity index (χ0) is 13.7. The Kier molecular flexibility index (Phi) is 4.57. The lowest BCUT2D eigenvalue weighted by Crippen LogP contribution is -2.23. The second kappa shape index (κ2) is 6.38. The van der Waals surface area contributed by atoms with Crippen LogP contribution in [0.15, 0.2) is 24.9 Å². The molecule has 104 valence electrons. The molecule has 1 unspecified atom stereocenters. The molecule has 6 heteroatoms. The summed E-state index contributed by atoms with van der Waals surface area (Å²) in [5.41, 5.74) is 1.01. The highest BCUT2D eigenvalue weighted by atomic mass is 16.5. The van der Waals surface area contributed by atoms with Crippen molar-refractivity contribution in [3.63, 3.8) is 0 Å². The van der Waals surface area contributed by atoms with Gasteiger partial charge in [-0.15, -0.1) is 0 Å². The number of hydrogen-bond acceptors (Lipinski definition) is 4. The van der Waals surface area contributed by atoms with E-state index in [1.165, 1.54) is 0 Å². The zero-order valence-electron chi connectivity index (χ0n) is 11.7. The van der Waals surface area contributed by atoms with Gasteiger partial charge < -0.3 is 19.2 Å². The van der Waals surface area contributed by atoms with E-state index in [2.05, 4.69) is 26.8 Å². The van der Waals surface area contributed by atoms with Crippen LogP contribution in [0.1, 0.15) is 12.6 Å². The second-order valence-corrected chi connectivity index (χ2v) is 4.70. The molecular weight excluding hydrogens is 242 g/mol. The smallest absolute Gasteiger partial charge is 0.203 e. The van der Waals surface area contributed by atoms with Gasteiger partial charge in [-0.1, -0.05) is 0 Å².